The van der Waals surface area contributed by atoms with Gasteiger partial charge in [-0.2, -0.15) is 0 Å². The monoisotopic (exact) mass is 390 g/mol. The van der Waals surface area contributed by atoms with Gasteiger partial charge in [-0.15, -0.1) is 0 Å². The summed E-state index contributed by atoms with van der Waals surface area (Å²) in [6.45, 7) is 7.74. The minimum Gasteiger partial charge on any atom is -0.489 e. The summed E-state index contributed by atoms with van der Waals surface area (Å²) in [5, 5.41) is 6.93. The maximum Gasteiger partial charge on any atom is 0.191 e. The number of rotatable bonds is 7. The molecule has 2 aliphatic rings. The topological polar surface area (TPSA) is 48.9 Å². The van der Waals surface area contributed by atoms with Gasteiger partial charge in [-0.3, -0.25) is 0 Å². The summed E-state index contributed by atoms with van der Waals surface area (Å²) in [5.74, 6) is 1.10. The third-order valence-corrected chi connectivity index (χ3v) is 5.70. The first-order valence-corrected chi connectivity index (χ1v) is 10.8. The molecule has 2 N–H and O–H groups in total. The minimum absolute atomic E-state index is 0.124. The second kappa shape index (κ2) is 10.6. The molecule has 156 valence electrons. The molecule has 1 atom stereocenters. The third-order valence-electron chi connectivity index (χ3n) is 5.70. The van der Waals surface area contributed by atoms with E-state index in [4.69, 9.17) is 4.74 Å². The van der Waals surface area contributed by atoms with E-state index in [1.54, 1.807) is 12.1 Å². The van der Waals surface area contributed by atoms with Gasteiger partial charge < -0.3 is 20.3 Å². The molecule has 6 heteroatoms. The molecule has 1 aliphatic carbocycles. The minimum atomic E-state index is -0.285. The lowest BCUT2D eigenvalue weighted by Gasteiger charge is -2.36. The fraction of sp³-hybridized carbons (Fsp3) is 0.682. The quantitative estimate of drug-likeness (QED) is 0.552. The van der Waals surface area contributed by atoms with Crippen LogP contribution in [-0.2, 0) is 0 Å². The molecule has 3 rings (SSSR count). The van der Waals surface area contributed by atoms with Gasteiger partial charge in [0, 0.05) is 37.8 Å². The van der Waals surface area contributed by atoms with Crippen molar-refractivity contribution in [3.63, 3.8) is 0 Å². The van der Waals surface area contributed by atoms with Crippen molar-refractivity contribution in [2.75, 3.05) is 26.2 Å². The summed E-state index contributed by atoms with van der Waals surface area (Å²) >= 11 is 0. The van der Waals surface area contributed by atoms with Gasteiger partial charge in [-0.1, -0.05) is 18.9 Å². The highest BCUT2D eigenvalue weighted by Gasteiger charge is 2.27. The van der Waals surface area contributed by atoms with E-state index in [9.17, 15) is 4.39 Å². The second-order valence-electron chi connectivity index (χ2n) is 8.00. The summed E-state index contributed by atoms with van der Waals surface area (Å²) in [6.07, 6.45) is 7.76. The average molecular weight is 391 g/mol. The number of ether oxygens (including phenoxy) is 1. The number of halogens is 1. The van der Waals surface area contributed by atoms with E-state index in [0.29, 0.717) is 18.3 Å². The molecule has 0 aromatic heterocycles. The highest BCUT2D eigenvalue weighted by molar-refractivity contribution is 5.80. The number of nitrogens with one attached hydrogen (secondary N) is 2. The van der Waals surface area contributed by atoms with Crippen molar-refractivity contribution < 1.29 is 9.13 Å². The first-order valence-electron chi connectivity index (χ1n) is 10.8. The molecule has 2 fully saturated rings. The lowest BCUT2D eigenvalue weighted by atomic mass is 10.0. The Balaban J connectivity index is 1.46. The van der Waals surface area contributed by atoms with Crippen LogP contribution in [0.5, 0.6) is 5.75 Å². The molecule has 1 unspecified atom stereocenters. The van der Waals surface area contributed by atoms with Gasteiger partial charge in [0.2, 0.25) is 0 Å². The Bertz CT molecular complexity index is 625. The molecule has 1 aromatic carbocycles. The smallest absolute Gasteiger partial charge is 0.191 e. The normalized spacial score (nSPS) is 20.9. The number of likely N-dealkylation sites (tertiary alicyclic amines) is 1. The Hall–Kier alpha value is -1.82. The van der Waals surface area contributed by atoms with Crippen molar-refractivity contribution in [2.45, 2.75) is 70.6 Å². The highest BCUT2D eigenvalue weighted by atomic mass is 19.1. The van der Waals surface area contributed by atoms with Crippen LogP contribution in [0.2, 0.25) is 0 Å². The Morgan fingerprint density at radius 3 is 2.68 bits per heavy atom. The van der Waals surface area contributed by atoms with Gasteiger partial charge in [0.1, 0.15) is 17.7 Å². The van der Waals surface area contributed by atoms with Crippen LogP contribution in [0.3, 0.4) is 0 Å². The molecule has 0 bridgehead atoms. The van der Waals surface area contributed by atoms with E-state index < -0.39 is 0 Å². The lowest BCUT2D eigenvalue weighted by molar-refractivity contribution is 0.150. The molecule has 1 aliphatic heterocycles. The highest BCUT2D eigenvalue weighted by Crippen LogP contribution is 2.26. The number of guanidine groups is 1. The zero-order valence-corrected chi connectivity index (χ0v) is 17.3. The van der Waals surface area contributed by atoms with Crippen LogP contribution in [0, 0.1) is 5.82 Å². The molecule has 1 saturated carbocycles. The zero-order chi connectivity index (χ0) is 19.8. The molecule has 1 heterocycles. The van der Waals surface area contributed by atoms with Crippen molar-refractivity contribution >= 4 is 5.96 Å². The van der Waals surface area contributed by atoms with Crippen molar-refractivity contribution in [3.8, 4) is 5.75 Å². The number of hydrogen-bond acceptors (Lipinski definition) is 3. The molecule has 1 aromatic rings. The molecule has 5 nitrogen and oxygen atoms in total. The Morgan fingerprint density at radius 1 is 1.25 bits per heavy atom. The molecule has 0 spiro atoms. The van der Waals surface area contributed by atoms with Crippen molar-refractivity contribution in [1.82, 2.24) is 15.5 Å². The van der Waals surface area contributed by atoms with Crippen LogP contribution in [0.25, 0.3) is 0 Å². The van der Waals surface area contributed by atoms with Crippen molar-refractivity contribution in [1.29, 1.82) is 0 Å². The molecule has 1 saturated heterocycles. The lowest BCUT2D eigenvalue weighted by Crippen LogP contribution is -2.50. The van der Waals surface area contributed by atoms with Gasteiger partial charge in [-0.25, -0.2) is 9.38 Å². The predicted molar refractivity (Wildman–Crippen MR) is 112 cm³/mol. The third kappa shape index (κ3) is 6.36. The average Bonchev–Trinajstić information content (AvgIpc) is 3.22. The van der Waals surface area contributed by atoms with Gasteiger partial charge in [0.05, 0.1) is 6.54 Å². The van der Waals surface area contributed by atoms with E-state index in [0.717, 1.165) is 31.4 Å². The molecule has 28 heavy (non-hydrogen) atoms. The molecule has 0 radical (unpaired) electrons. The van der Waals surface area contributed by atoms with E-state index in [1.165, 1.54) is 50.9 Å². The van der Waals surface area contributed by atoms with Gasteiger partial charge in [0.25, 0.3) is 0 Å². The Labute approximate surface area is 168 Å². The first-order chi connectivity index (χ1) is 13.6. The summed E-state index contributed by atoms with van der Waals surface area (Å²) in [4.78, 5) is 7.37. The van der Waals surface area contributed by atoms with Crippen LogP contribution in [-0.4, -0.2) is 55.2 Å². The second-order valence-corrected chi connectivity index (χ2v) is 8.00. The number of aliphatic imine (C=N–C) groups is 1. The Morgan fingerprint density at radius 2 is 2.00 bits per heavy atom. The van der Waals surface area contributed by atoms with E-state index >= 15 is 0 Å². The summed E-state index contributed by atoms with van der Waals surface area (Å²) in [5.41, 5.74) is 0. The van der Waals surface area contributed by atoms with Crippen LogP contribution < -0.4 is 15.4 Å². The van der Waals surface area contributed by atoms with E-state index in [1.807, 2.05) is 6.92 Å². The zero-order valence-electron chi connectivity index (χ0n) is 17.3. The van der Waals surface area contributed by atoms with Crippen LogP contribution in [0.4, 0.5) is 4.39 Å². The van der Waals surface area contributed by atoms with Crippen LogP contribution >= 0.6 is 0 Å². The fourth-order valence-electron chi connectivity index (χ4n) is 4.22. The number of nitrogens with zero attached hydrogens (tertiary/aromatic N) is 2. The van der Waals surface area contributed by atoms with E-state index in [2.05, 4.69) is 27.4 Å². The van der Waals surface area contributed by atoms with Crippen molar-refractivity contribution in [2.24, 2.45) is 4.99 Å². The fourth-order valence-corrected chi connectivity index (χ4v) is 4.22. The van der Waals surface area contributed by atoms with Crippen LogP contribution in [0.15, 0.2) is 29.3 Å². The maximum absolute atomic E-state index is 13.3. The molecular weight excluding hydrogens is 355 g/mol. The van der Waals surface area contributed by atoms with Crippen molar-refractivity contribution in [3.05, 3.63) is 30.1 Å². The number of hydrogen-bond donors (Lipinski definition) is 2. The summed E-state index contributed by atoms with van der Waals surface area (Å²) < 4.78 is 19.1. The largest absolute Gasteiger partial charge is 0.489 e. The van der Waals surface area contributed by atoms with Gasteiger partial charge in [0.15, 0.2) is 5.96 Å². The standard InChI is InChI=1S/C22H35FN4O/c1-3-24-22(25-16-17(2)28-21-10-6-7-18(23)15-21)26-19-11-13-27(14-12-19)20-8-4-5-9-20/h6-7,10,15,17,19-20H,3-5,8-9,11-14,16H2,1-2H3,(H2,24,25,26). The van der Waals surface area contributed by atoms with Gasteiger partial charge >= 0.3 is 0 Å². The first kappa shape index (κ1) is 20.9. The summed E-state index contributed by atoms with van der Waals surface area (Å²) in [7, 11) is 0. The van der Waals surface area contributed by atoms with Crippen LogP contribution in [0.1, 0.15) is 52.4 Å². The Kier molecular flexibility index (Phi) is 7.95. The maximum atomic E-state index is 13.3. The van der Waals surface area contributed by atoms with E-state index in [-0.39, 0.29) is 11.9 Å². The SMILES string of the molecule is CCNC(=NCC(C)Oc1cccc(F)c1)NC1CCN(C2CCCC2)CC1. The molecular formula is C22H35FN4O. The summed E-state index contributed by atoms with van der Waals surface area (Å²) in [6, 6.07) is 7.54. The number of benzene rings is 1. The predicted octanol–water partition coefficient (Wildman–Crippen LogP) is 3.56. The molecule has 0 amide bonds. The number of piperidine rings is 1. The van der Waals surface area contributed by atoms with Gasteiger partial charge in [-0.05, 0) is 51.7 Å².